The smallest absolute Gasteiger partial charge is 0.313 e. The van der Waals surface area contributed by atoms with E-state index in [9.17, 15) is 4.79 Å². The zero-order valence-electron chi connectivity index (χ0n) is 10.9. The van der Waals surface area contributed by atoms with Crippen molar-refractivity contribution in [1.82, 2.24) is 14.5 Å². The number of thioether (sulfide) groups is 2. The van der Waals surface area contributed by atoms with E-state index in [1.807, 2.05) is 4.57 Å². The summed E-state index contributed by atoms with van der Waals surface area (Å²) < 4.78 is 1.97. The van der Waals surface area contributed by atoms with Gasteiger partial charge in [0, 0.05) is 12.7 Å². The number of aromatic nitrogens is 3. The molecular weight excluding hydrogens is 318 g/mol. The Hall–Kier alpha value is -0.920. The molecule has 0 saturated heterocycles. The summed E-state index contributed by atoms with van der Waals surface area (Å²) in [6, 6.07) is 1.75. The Labute approximate surface area is 130 Å². The summed E-state index contributed by atoms with van der Waals surface area (Å²) in [6.07, 6.45) is 4.63. The quantitative estimate of drug-likeness (QED) is 0.621. The largest absolute Gasteiger partial charge is 0.481 e. The normalized spacial score (nSPS) is 11.1. The SMILES string of the molecule is CSCCCn1c(SCC(=O)O)nc2cc(Cl)cnc21. The van der Waals surface area contributed by atoms with Crippen LogP contribution in [0.15, 0.2) is 17.4 Å². The third kappa shape index (κ3) is 3.80. The van der Waals surface area contributed by atoms with Crippen LogP contribution in [-0.2, 0) is 11.3 Å². The van der Waals surface area contributed by atoms with Crippen LogP contribution in [-0.4, -0.2) is 43.4 Å². The molecule has 5 nitrogen and oxygen atoms in total. The summed E-state index contributed by atoms with van der Waals surface area (Å²) >= 11 is 8.91. The molecule has 2 heterocycles. The third-order valence-electron chi connectivity index (χ3n) is 2.57. The number of carboxylic acids is 1. The number of carbonyl (C=O) groups is 1. The van der Waals surface area contributed by atoms with Crippen molar-refractivity contribution in [3.05, 3.63) is 17.3 Å². The van der Waals surface area contributed by atoms with Crippen molar-refractivity contribution in [3.63, 3.8) is 0 Å². The van der Waals surface area contributed by atoms with Crippen LogP contribution >= 0.6 is 35.1 Å². The van der Waals surface area contributed by atoms with E-state index >= 15 is 0 Å². The average Bonchev–Trinajstić information content (AvgIpc) is 2.74. The number of imidazole rings is 1. The van der Waals surface area contributed by atoms with E-state index in [2.05, 4.69) is 16.2 Å². The summed E-state index contributed by atoms with van der Waals surface area (Å²) in [7, 11) is 0. The van der Waals surface area contributed by atoms with Crippen LogP contribution in [0.2, 0.25) is 5.02 Å². The molecule has 0 spiro atoms. The fraction of sp³-hybridized carbons (Fsp3) is 0.417. The summed E-state index contributed by atoms with van der Waals surface area (Å²) in [6.45, 7) is 0.772. The summed E-state index contributed by atoms with van der Waals surface area (Å²) in [5, 5.41) is 10.0. The predicted molar refractivity (Wildman–Crippen MR) is 83.9 cm³/mol. The minimum atomic E-state index is -0.858. The van der Waals surface area contributed by atoms with Gasteiger partial charge in [-0.3, -0.25) is 4.79 Å². The highest BCUT2D eigenvalue weighted by molar-refractivity contribution is 7.99. The number of pyridine rings is 1. The van der Waals surface area contributed by atoms with Gasteiger partial charge in [0.05, 0.1) is 10.8 Å². The number of carboxylic acid groups (broad SMARTS) is 1. The molecule has 0 fully saturated rings. The number of rotatable bonds is 7. The highest BCUT2D eigenvalue weighted by atomic mass is 35.5. The minimum Gasteiger partial charge on any atom is -0.481 e. The zero-order valence-corrected chi connectivity index (χ0v) is 13.3. The molecule has 108 valence electrons. The summed E-state index contributed by atoms with van der Waals surface area (Å²) in [4.78, 5) is 19.5. The van der Waals surface area contributed by atoms with E-state index in [1.54, 1.807) is 24.0 Å². The second-order valence-corrected chi connectivity index (χ2v) is 6.44. The van der Waals surface area contributed by atoms with Crippen LogP contribution in [0, 0.1) is 0 Å². The summed E-state index contributed by atoms with van der Waals surface area (Å²) in [5.74, 6) is 0.166. The molecule has 0 aliphatic carbocycles. The topological polar surface area (TPSA) is 68.0 Å². The molecule has 1 N–H and O–H groups in total. The van der Waals surface area contributed by atoms with Gasteiger partial charge in [-0.25, -0.2) is 9.97 Å². The number of hydrogen-bond donors (Lipinski definition) is 1. The van der Waals surface area contributed by atoms with Gasteiger partial charge < -0.3 is 9.67 Å². The molecule has 0 aliphatic heterocycles. The highest BCUT2D eigenvalue weighted by Gasteiger charge is 2.13. The van der Waals surface area contributed by atoms with Gasteiger partial charge in [-0.2, -0.15) is 11.8 Å². The molecule has 0 bridgehead atoms. The molecule has 2 rings (SSSR count). The number of halogens is 1. The maximum absolute atomic E-state index is 10.7. The van der Waals surface area contributed by atoms with E-state index in [-0.39, 0.29) is 5.75 Å². The number of aryl methyl sites for hydroxylation is 1. The first kappa shape index (κ1) is 15.5. The van der Waals surface area contributed by atoms with E-state index in [0.29, 0.717) is 15.7 Å². The second-order valence-electron chi connectivity index (χ2n) is 4.07. The molecule has 0 aromatic carbocycles. The van der Waals surface area contributed by atoms with Gasteiger partial charge in [-0.15, -0.1) is 0 Å². The van der Waals surface area contributed by atoms with Crippen molar-refractivity contribution in [2.24, 2.45) is 0 Å². The van der Waals surface area contributed by atoms with E-state index in [0.717, 1.165) is 24.4 Å². The van der Waals surface area contributed by atoms with Crippen LogP contribution in [0.3, 0.4) is 0 Å². The van der Waals surface area contributed by atoms with Crippen LogP contribution in [0.4, 0.5) is 0 Å². The van der Waals surface area contributed by atoms with Crippen molar-refractivity contribution in [1.29, 1.82) is 0 Å². The molecule has 0 amide bonds. The van der Waals surface area contributed by atoms with Gasteiger partial charge >= 0.3 is 5.97 Å². The van der Waals surface area contributed by atoms with E-state index < -0.39 is 5.97 Å². The molecule has 0 unspecified atom stereocenters. The van der Waals surface area contributed by atoms with Crippen LogP contribution in [0.1, 0.15) is 6.42 Å². The number of nitrogens with zero attached hydrogens (tertiary/aromatic N) is 3. The lowest BCUT2D eigenvalue weighted by molar-refractivity contribution is -0.133. The van der Waals surface area contributed by atoms with E-state index in [1.165, 1.54) is 11.8 Å². The lowest BCUT2D eigenvalue weighted by atomic mass is 10.4. The van der Waals surface area contributed by atoms with Crippen LogP contribution in [0.5, 0.6) is 0 Å². The maximum Gasteiger partial charge on any atom is 0.313 e. The molecule has 0 radical (unpaired) electrons. The van der Waals surface area contributed by atoms with Crippen molar-refractivity contribution >= 4 is 52.3 Å². The van der Waals surface area contributed by atoms with E-state index in [4.69, 9.17) is 16.7 Å². The average molecular weight is 332 g/mol. The van der Waals surface area contributed by atoms with Gasteiger partial charge in [-0.1, -0.05) is 23.4 Å². The molecule has 0 saturated carbocycles. The van der Waals surface area contributed by atoms with Crippen molar-refractivity contribution in [2.45, 2.75) is 18.1 Å². The first-order valence-electron chi connectivity index (χ1n) is 5.97. The Morgan fingerprint density at radius 3 is 3.05 bits per heavy atom. The van der Waals surface area contributed by atoms with Crippen LogP contribution < -0.4 is 0 Å². The first-order valence-corrected chi connectivity index (χ1v) is 8.73. The second kappa shape index (κ2) is 7.19. The maximum atomic E-state index is 10.7. The van der Waals surface area contributed by atoms with Crippen molar-refractivity contribution in [2.75, 3.05) is 17.8 Å². The molecular formula is C12H14ClN3O2S2. The Bertz CT molecular complexity index is 618. The number of hydrogen-bond acceptors (Lipinski definition) is 5. The fourth-order valence-electron chi connectivity index (χ4n) is 1.77. The summed E-state index contributed by atoms with van der Waals surface area (Å²) in [5.41, 5.74) is 1.46. The predicted octanol–water partition coefficient (Wildman–Crippen LogP) is 3.01. The highest BCUT2D eigenvalue weighted by Crippen LogP contribution is 2.25. The Kier molecular flexibility index (Phi) is 5.56. The molecule has 0 atom stereocenters. The minimum absolute atomic E-state index is 0.0143. The van der Waals surface area contributed by atoms with Gasteiger partial charge in [0.25, 0.3) is 0 Å². The third-order valence-corrected chi connectivity index (χ3v) is 4.44. The van der Waals surface area contributed by atoms with Gasteiger partial charge in [0.1, 0.15) is 5.52 Å². The lowest BCUT2D eigenvalue weighted by Crippen LogP contribution is -2.04. The van der Waals surface area contributed by atoms with Crippen molar-refractivity contribution < 1.29 is 9.90 Å². The van der Waals surface area contributed by atoms with Gasteiger partial charge in [-0.05, 0) is 24.5 Å². The lowest BCUT2D eigenvalue weighted by Gasteiger charge is -2.06. The molecule has 2 aromatic heterocycles. The molecule has 2 aromatic rings. The Balaban J connectivity index is 2.31. The number of aliphatic carboxylic acids is 1. The van der Waals surface area contributed by atoms with Crippen molar-refractivity contribution in [3.8, 4) is 0 Å². The van der Waals surface area contributed by atoms with Crippen LogP contribution in [0.25, 0.3) is 11.2 Å². The molecule has 8 heteroatoms. The standard InChI is InChI=1S/C12H14ClN3O2S2/c1-19-4-2-3-16-11-9(5-8(13)6-14-11)15-12(16)20-7-10(17)18/h5-6H,2-4,7H2,1H3,(H,17,18). The van der Waals surface area contributed by atoms with Gasteiger partial charge in [0.2, 0.25) is 0 Å². The van der Waals surface area contributed by atoms with Gasteiger partial charge in [0.15, 0.2) is 10.8 Å². The fourth-order valence-corrected chi connectivity index (χ4v) is 3.09. The Morgan fingerprint density at radius 1 is 1.55 bits per heavy atom. The first-order chi connectivity index (χ1) is 9.61. The molecule has 20 heavy (non-hydrogen) atoms. The molecule has 0 aliphatic rings. The number of fused-ring (bicyclic) bond motifs is 1. The zero-order chi connectivity index (χ0) is 14.5. The Morgan fingerprint density at radius 2 is 2.35 bits per heavy atom. The monoisotopic (exact) mass is 331 g/mol.